The summed E-state index contributed by atoms with van der Waals surface area (Å²) >= 11 is 1.40. The van der Waals surface area contributed by atoms with Gasteiger partial charge in [-0.15, -0.1) is 5.10 Å². The van der Waals surface area contributed by atoms with Gasteiger partial charge in [-0.2, -0.15) is 0 Å². The Kier molecular flexibility index (Phi) is 6.29. The van der Waals surface area contributed by atoms with Crippen LogP contribution in [0.5, 0.6) is 0 Å². The quantitative estimate of drug-likeness (QED) is 0.555. The Balaban J connectivity index is 1.29. The van der Waals surface area contributed by atoms with E-state index in [0.29, 0.717) is 17.6 Å². The second-order valence-electron chi connectivity index (χ2n) is 7.42. The van der Waals surface area contributed by atoms with Crippen molar-refractivity contribution in [2.75, 3.05) is 13.1 Å². The van der Waals surface area contributed by atoms with Crippen LogP contribution in [0.25, 0.3) is 0 Å². The van der Waals surface area contributed by atoms with E-state index in [2.05, 4.69) is 45.9 Å². The Hall–Kier alpha value is -2.61. The second-order valence-corrected chi connectivity index (χ2v) is 8.72. The molecule has 3 heterocycles. The molecule has 1 unspecified atom stereocenters. The molecule has 0 aliphatic carbocycles. The maximum atomic E-state index is 12.9. The minimum atomic E-state index is -0.234. The molecule has 1 aliphatic rings. The van der Waals surface area contributed by atoms with Crippen molar-refractivity contribution in [2.24, 2.45) is 5.92 Å². The van der Waals surface area contributed by atoms with Crippen LogP contribution in [-0.2, 0) is 17.8 Å². The van der Waals surface area contributed by atoms with Crippen molar-refractivity contribution in [3.63, 3.8) is 0 Å². The summed E-state index contributed by atoms with van der Waals surface area (Å²) in [4.78, 5) is 14.9. The number of likely N-dealkylation sites (tertiary alicyclic amines) is 1. The van der Waals surface area contributed by atoms with Crippen molar-refractivity contribution in [2.45, 2.75) is 43.1 Å². The van der Waals surface area contributed by atoms with Crippen molar-refractivity contribution in [1.29, 1.82) is 0 Å². The fourth-order valence-corrected chi connectivity index (χ4v) is 4.57. The van der Waals surface area contributed by atoms with Gasteiger partial charge in [0.15, 0.2) is 0 Å². The van der Waals surface area contributed by atoms with Gasteiger partial charge in [0.25, 0.3) is 0 Å². The number of hydrogen-bond acceptors (Lipinski definition) is 6. The molecular weight excluding hydrogens is 386 g/mol. The molecule has 0 bridgehead atoms. The van der Waals surface area contributed by atoms with E-state index >= 15 is 0 Å². The van der Waals surface area contributed by atoms with E-state index in [9.17, 15) is 4.79 Å². The highest BCUT2D eigenvalue weighted by Crippen LogP contribution is 2.26. The molecule has 7 nitrogen and oxygen atoms in total. The lowest BCUT2D eigenvalue weighted by molar-refractivity contribution is -0.131. The summed E-state index contributed by atoms with van der Waals surface area (Å²) in [5.41, 5.74) is 1.38. The van der Waals surface area contributed by atoms with E-state index < -0.39 is 0 Å². The third-order valence-electron chi connectivity index (χ3n) is 5.31. The van der Waals surface area contributed by atoms with Crippen LogP contribution in [0.1, 0.15) is 31.1 Å². The molecule has 4 rings (SSSR count). The Morgan fingerprint density at radius 2 is 2.00 bits per heavy atom. The lowest BCUT2D eigenvalue weighted by atomic mass is 9.90. The summed E-state index contributed by atoms with van der Waals surface area (Å²) in [7, 11) is 0. The molecule has 8 heteroatoms. The van der Waals surface area contributed by atoms with E-state index in [1.54, 1.807) is 10.9 Å². The summed E-state index contributed by atoms with van der Waals surface area (Å²) in [6, 6.07) is 14.3. The zero-order chi connectivity index (χ0) is 20.1. The number of tetrazole rings is 1. The molecule has 1 amide bonds. The lowest BCUT2D eigenvalue weighted by Gasteiger charge is -2.33. The van der Waals surface area contributed by atoms with Crippen LogP contribution >= 0.6 is 11.8 Å². The number of carbonyl (C=O) groups is 1. The van der Waals surface area contributed by atoms with Gasteiger partial charge in [0.2, 0.25) is 11.1 Å². The Morgan fingerprint density at radius 1 is 1.21 bits per heavy atom. The molecule has 1 aromatic carbocycles. The monoisotopic (exact) mass is 411 g/mol. The normalized spacial score (nSPS) is 16.1. The van der Waals surface area contributed by atoms with Gasteiger partial charge in [0.05, 0.1) is 11.5 Å². The fourth-order valence-electron chi connectivity index (χ4n) is 3.70. The number of benzene rings is 1. The largest absolute Gasteiger partial charge is 0.467 e. The van der Waals surface area contributed by atoms with Gasteiger partial charge in [-0.25, -0.2) is 4.68 Å². The molecule has 29 heavy (non-hydrogen) atoms. The summed E-state index contributed by atoms with van der Waals surface area (Å²) in [6.45, 7) is 4.01. The predicted octanol–water partition coefficient (Wildman–Crippen LogP) is 3.28. The number of piperidine rings is 1. The van der Waals surface area contributed by atoms with Gasteiger partial charge < -0.3 is 9.32 Å². The van der Waals surface area contributed by atoms with Crippen molar-refractivity contribution < 1.29 is 9.21 Å². The van der Waals surface area contributed by atoms with E-state index in [4.69, 9.17) is 4.42 Å². The van der Waals surface area contributed by atoms with Gasteiger partial charge in [-0.1, -0.05) is 42.1 Å². The third kappa shape index (κ3) is 5.06. The van der Waals surface area contributed by atoms with Crippen LogP contribution in [0.2, 0.25) is 0 Å². The molecule has 1 aliphatic heterocycles. The molecule has 0 radical (unpaired) electrons. The first-order valence-corrected chi connectivity index (χ1v) is 10.8. The Labute approximate surface area is 174 Å². The lowest BCUT2D eigenvalue weighted by Crippen LogP contribution is -2.42. The highest BCUT2D eigenvalue weighted by Gasteiger charge is 2.28. The van der Waals surface area contributed by atoms with Gasteiger partial charge in [-0.3, -0.25) is 4.79 Å². The first-order chi connectivity index (χ1) is 14.2. The van der Waals surface area contributed by atoms with Crippen LogP contribution < -0.4 is 0 Å². The predicted molar refractivity (Wildman–Crippen MR) is 110 cm³/mol. The van der Waals surface area contributed by atoms with Crippen molar-refractivity contribution in [3.8, 4) is 0 Å². The zero-order valence-electron chi connectivity index (χ0n) is 16.5. The number of amides is 1. The number of thioether (sulfide) groups is 1. The molecule has 152 valence electrons. The van der Waals surface area contributed by atoms with Crippen molar-refractivity contribution in [1.82, 2.24) is 25.1 Å². The van der Waals surface area contributed by atoms with Crippen LogP contribution in [0, 0.1) is 5.92 Å². The number of rotatable bonds is 7. The first kappa shape index (κ1) is 19.7. The topological polar surface area (TPSA) is 77.0 Å². The zero-order valence-corrected chi connectivity index (χ0v) is 17.3. The van der Waals surface area contributed by atoms with Crippen LogP contribution in [-0.4, -0.2) is 49.4 Å². The number of aromatic nitrogens is 4. The van der Waals surface area contributed by atoms with Crippen LogP contribution in [0.4, 0.5) is 0 Å². The number of hydrogen-bond donors (Lipinski definition) is 0. The van der Waals surface area contributed by atoms with E-state index in [-0.39, 0.29) is 11.2 Å². The SMILES string of the molecule is CC(Sc1nnnn1Cc1ccco1)C(=O)N1CCC(Cc2ccccc2)CC1. The standard InChI is InChI=1S/C21H25N5O2S/c1-16(29-21-22-23-24-26(21)15-19-8-5-13-28-19)20(27)25-11-9-18(10-12-25)14-17-6-3-2-4-7-17/h2-8,13,16,18H,9-12,14-15H2,1H3. The molecule has 1 atom stereocenters. The van der Waals surface area contributed by atoms with E-state index in [1.165, 1.54) is 17.3 Å². The fraction of sp³-hybridized carbons (Fsp3) is 0.429. The minimum Gasteiger partial charge on any atom is -0.467 e. The average Bonchev–Trinajstić information content (AvgIpc) is 3.42. The Bertz CT molecular complexity index is 904. The summed E-state index contributed by atoms with van der Waals surface area (Å²) in [5.74, 6) is 1.57. The number of furan rings is 1. The van der Waals surface area contributed by atoms with Crippen molar-refractivity contribution in [3.05, 3.63) is 60.1 Å². The molecular formula is C21H25N5O2S. The maximum absolute atomic E-state index is 12.9. The van der Waals surface area contributed by atoms with E-state index in [1.807, 2.05) is 24.0 Å². The summed E-state index contributed by atoms with van der Waals surface area (Å²) < 4.78 is 7.03. The molecule has 1 saturated heterocycles. The highest BCUT2D eigenvalue weighted by molar-refractivity contribution is 8.00. The Morgan fingerprint density at radius 3 is 2.72 bits per heavy atom. The van der Waals surface area contributed by atoms with Gasteiger partial charge in [0, 0.05) is 13.1 Å². The van der Waals surface area contributed by atoms with Gasteiger partial charge in [-0.05, 0) is 60.2 Å². The molecule has 0 saturated carbocycles. The van der Waals surface area contributed by atoms with Gasteiger partial charge in [0.1, 0.15) is 12.3 Å². The van der Waals surface area contributed by atoms with Crippen LogP contribution in [0.3, 0.4) is 0 Å². The summed E-state index contributed by atoms with van der Waals surface area (Å²) in [6.07, 6.45) is 4.82. The third-order valence-corrected chi connectivity index (χ3v) is 6.37. The van der Waals surface area contributed by atoms with E-state index in [0.717, 1.165) is 38.1 Å². The maximum Gasteiger partial charge on any atom is 0.235 e. The highest BCUT2D eigenvalue weighted by atomic mass is 32.2. The smallest absolute Gasteiger partial charge is 0.235 e. The van der Waals surface area contributed by atoms with Crippen LogP contribution in [0.15, 0.2) is 58.3 Å². The van der Waals surface area contributed by atoms with Crippen molar-refractivity contribution >= 4 is 17.7 Å². The molecule has 2 aromatic heterocycles. The minimum absolute atomic E-state index is 0.153. The van der Waals surface area contributed by atoms with Gasteiger partial charge >= 0.3 is 0 Å². The summed E-state index contributed by atoms with van der Waals surface area (Å²) in [5, 5.41) is 12.2. The molecule has 0 N–H and O–H groups in total. The number of nitrogens with zero attached hydrogens (tertiary/aromatic N) is 5. The second kappa shape index (κ2) is 9.26. The average molecular weight is 412 g/mol. The first-order valence-electron chi connectivity index (χ1n) is 9.97. The molecule has 1 fully saturated rings. The number of carbonyl (C=O) groups excluding carboxylic acids is 1. The molecule has 3 aromatic rings. The molecule has 0 spiro atoms.